The van der Waals surface area contributed by atoms with Gasteiger partial charge >= 0.3 is 0 Å². The first-order chi connectivity index (χ1) is 32.5. The zero-order valence-corrected chi connectivity index (χ0v) is 39.8. The summed E-state index contributed by atoms with van der Waals surface area (Å²) in [4.78, 5) is 6.49. The highest BCUT2D eigenvalue weighted by molar-refractivity contribution is 7.20. The Morgan fingerprint density at radius 3 is 1.90 bits per heavy atom. The summed E-state index contributed by atoms with van der Waals surface area (Å²) in [5.41, 5.74) is 22.0. The third kappa shape index (κ3) is 6.24. The van der Waals surface area contributed by atoms with Crippen molar-refractivity contribution in [3.05, 3.63) is 203 Å². The van der Waals surface area contributed by atoms with Gasteiger partial charge in [-0.1, -0.05) is 157 Å². The van der Waals surface area contributed by atoms with Gasteiger partial charge in [0.05, 0.1) is 0 Å². The van der Waals surface area contributed by atoms with Crippen LogP contribution in [0.15, 0.2) is 180 Å². The molecular weight excluding hydrogens is 832 g/mol. The molecular formula is C62H51BN2OS. The van der Waals surface area contributed by atoms with Gasteiger partial charge in [0.2, 0.25) is 0 Å². The van der Waals surface area contributed by atoms with Crippen LogP contribution < -0.4 is 26.2 Å². The SMILES string of the molecule is CC(C)(C)c1ccc2c(c1)B1c3ccc(C(C)(C)C)cc3N(c3ccc(-c4cccc5c4oc4ccccc45)cc3)c3cccc(c31)N2c1ccc(C2=CCCc3c2sc2ccccc32)cc1. The topological polar surface area (TPSA) is 19.6 Å². The second-order valence-electron chi connectivity index (χ2n) is 20.8. The number of allylic oxidation sites excluding steroid dienone is 1. The molecule has 0 unspecified atom stereocenters. The molecule has 0 radical (unpaired) electrons. The first kappa shape index (κ1) is 40.2. The molecule has 10 aromatic rings. The second kappa shape index (κ2) is 14.7. The van der Waals surface area contributed by atoms with Crippen LogP contribution in [0.2, 0.25) is 0 Å². The number of thiophene rings is 1. The summed E-state index contributed by atoms with van der Waals surface area (Å²) in [5, 5.41) is 3.70. The van der Waals surface area contributed by atoms with Gasteiger partial charge in [-0.15, -0.1) is 11.3 Å². The molecule has 0 atom stereocenters. The lowest BCUT2D eigenvalue weighted by molar-refractivity contribution is 0.590. The number of hydrogen-bond acceptors (Lipinski definition) is 4. The first-order valence-electron chi connectivity index (χ1n) is 23.8. The highest BCUT2D eigenvalue weighted by Gasteiger charge is 2.44. The van der Waals surface area contributed by atoms with Gasteiger partial charge in [-0.2, -0.15) is 0 Å². The Labute approximate surface area is 397 Å². The van der Waals surface area contributed by atoms with Crippen LogP contribution in [0.4, 0.5) is 34.1 Å². The van der Waals surface area contributed by atoms with Crippen LogP contribution in [0.1, 0.15) is 75.1 Å². The number of fused-ring (bicyclic) bond motifs is 10. The number of benzene rings is 8. The van der Waals surface area contributed by atoms with Crippen LogP contribution in [0, 0.1) is 0 Å². The summed E-state index contributed by atoms with van der Waals surface area (Å²) >= 11 is 1.94. The number of furan rings is 1. The lowest BCUT2D eigenvalue weighted by Gasteiger charge is -2.44. The monoisotopic (exact) mass is 882 g/mol. The van der Waals surface area contributed by atoms with Gasteiger partial charge in [0.25, 0.3) is 6.71 Å². The molecule has 13 rings (SSSR count). The van der Waals surface area contributed by atoms with E-state index in [2.05, 4.69) is 221 Å². The van der Waals surface area contributed by atoms with Crippen LogP contribution in [0.3, 0.4) is 0 Å². The quantitative estimate of drug-likeness (QED) is 0.164. The molecule has 0 bridgehead atoms. The third-order valence-electron chi connectivity index (χ3n) is 14.7. The van der Waals surface area contributed by atoms with Crippen molar-refractivity contribution in [1.82, 2.24) is 0 Å². The zero-order chi connectivity index (χ0) is 45.3. The smallest absolute Gasteiger partial charge is 0.252 e. The fourth-order valence-electron chi connectivity index (χ4n) is 11.2. The molecule has 8 aromatic carbocycles. The molecule has 0 N–H and O–H groups in total. The van der Waals surface area contributed by atoms with Crippen LogP contribution in [0.25, 0.3) is 48.7 Å². The van der Waals surface area contributed by atoms with Crippen LogP contribution in [-0.2, 0) is 17.3 Å². The molecule has 1 aliphatic carbocycles. The van der Waals surface area contributed by atoms with Crippen molar-refractivity contribution in [2.45, 2.75) is 65.2 Å². The lowest BCUT2D eigenvalue weighted by Crippen LogP contribution is -2.61. The van der Waals surface area contributed by atoms with Gasteiger partial charge in [-0.05, 0) is 140 Å². The van der Waals surface area contributed by atoms with Gasteiger partial charge < -0.3 is 14.2 Å². The predicted molar refractivity (Wildman–Crippen MR) is 288 cm³/mol. The predicted octanol–water partition coefficient (Wildman–Crippen LogP) is 15.5. The first-order valence-corrected chi connectivity index (χ1v) is 24.7. The van der Waals surface area contributed by atoms with Crippen LogP contribution in [0.5, 0.6) is 0 Å². The largest absolute Gasteiger partial charge is 0.455 e. The normalized spacial score (nSPS) is 14.3. The maximum atomic E-state index is 6.52. The molecule has 3 nitrogen and oxygen atoms in total. The average Bonchev–Trinajstić information content (AvgIpc) is 3.92. The van der Waals surface area contributed by atoms with Gasteiger partial charge in [-0.25, -0.2) is 0 Å². The van der Waals surface area contributed by atoms with Gasteiger partial charge in [0.1, 0.15) is 11.2 Å². The van der Waals surface area contributed by atoms with E-state index in [0.717, 1.165) is 57.3 Å². The molecule has 2 aliphatic heterocycles. The van der Waals surface area contributed by atoms with Gasteiger partial charge in [0, 0.05) is 60.0 Å². The van der Waals surface area contributed by atoms with Crippen molar-refractivity contribution in [2.75, 3.05) is 9.80 Å². The number of anilines is 6. The molecule has 324 valence electrons. The molecule has 3 aliphatic rings. The van der Waals surface area contributed by atoms with Crippen molar-refractivity contribution < 1.29 is 4.42 Å². The summed E-state index contributed by atoms with van der Waals surface area (Å²) in [5.74, 6) is 0. The van der Waals surface area contributed by atoms with Crippen molar-refractivity contribution >= 4 is 106 Å². The maximum Gasteiger partial charge on any atom is 0.252 e. The van der Waals surface area contributed by atoms with Crippen molar-refractivity contribution in [2.24, 2.45) is 0 Å². The average molecular weight is 883 g/mol. The summed E-state index contributed by atoms with van der Waals surface area (Å²) in [6.07, 6.45) is 4.62. The fourth-order valence-corrected chi connectivity index (χ4v) is 12.6. The Balaban J connectivity index is 0.978. The minimum atomic E-state index is -0.0308. The van der Waals surface area contributed by atoms with E-state index in [1.807, 2.05) is 17.4 Å². The maximum absolute atomic E-state index is 6.52. The van der Waals surface area contributed by atoms with Crippen molar-refractivity contribution in [3.63, 3.8) is 0 Å². The Morgan fingerprint density at radius 1 is 0.522 bits per heavy atom. The summed E-state index contributed by atoms with van der Waals surface area (Å²) in [6.45, 7) is 14.0. The summed E-state index contributed by atoms with van der Waals surface area (Å²) in [7, 11) is 0. The molecule has 0 fully saturated rings. The van der Waals surface area contributed by atoms with E-state index < -0.39 is 0 Å². The molecule has 2 aromatic heterocycles. The van der Waals surface area contributed by atoms with E-state index in [1.54, 1.807) is 0 Å². The molecule has 5 heteroatoms. The number of nitrogens with zero attached hydrogens (tertiary/aromatic N) is 2. The van der Waals surface area contributed by atoms with E-state index in [0.29, 0.717) is 0 Å². The highest BCUT2D eigenvalue weighted by atomic mass is 32.1. The van der Waals surface area contributed by atoms with E-state index in [4.69, 9.17) is 4.42 Å². The zero-order valence-electron chi connectivity index (χ0n) is 38.9. The Hall–Kier alpha value is -7.08. The Morgan fingerprint density at radius 2 is 1.15 bits per heavy atom. The fraction of sp³-hybridized carbons (Fsp3) is 0.161. The molecule has 0 spiro atoms. The van der Waals surface area contributed by atoms with E-state index in [9.17, 15) is 0 Å². The molecule has 0 saturated carbocycles. The molecule has 0 amide bonds. The van der Waals surface area contributed by atoms with Gasteiger partial charge in [0.15, 0.2) is 0 Å². The molecule has 4 heterocycles. The molecule has 67 heavy (non-hydrogen) atoms. The summed E-state index contributed by atoms with van der Waals surface area (Å²) in [6, 6.07) is 63.8. The Kier molecular flexibility index (Phi) is 8.83. The summed E-state index contributed by atoms with van der Waals surface area (Å²) < 4.78 is 7.89. The highest BCUT2D eigenvalue weighted by Crippen LogP contribution is 2.47. The van der Waals surface area contributed by atoms with Crippen molar-refractivity contribution in [1.29, 1.82) is 0 Å². The number of rotatable bonds is 4. The third-order valence-corrected chi connectivity index (χ3v) is 15.9. The lowest BCUT2D eigenvalue weighted by atomic mass is 9.33. The van der Waals surface area contributed by atoms with E-state index in [1.165, 1.54) is 81.9 Å². The van der Waals surface area contributed by atoms with Crippen LogP contribution >= 0.6 is 11.3 Å². The minimum Gasteiger partial charge on any atom is -0.455 e. The second-order valence-corrected chi connectivity index (χ2v) is 21.8. The van der Waals surface area contributed by atoms with Gasteiger partial charge in [-0.3, -0.25) is 0 Å². The number of para-hydroxylation sites is 2. The van der Waals surface area contributed by atoms with Crippen molar-refractivity contribution in [3.8, 4) is 11.1 Å². The number of hydrogen-bond donors (Lipinski definition) is 0. The minimum absolute atomic E-state index is 0.0193. The van der Waals surface area contributed by atoms with E-state index >= 15 is 0 Å². The molecule has 0 saturated heterocycles. The standard InChI is InChI=1S/C62H51BN2OS/c1-61(2,3)40-29-35-52-51(36-40)63-50-34-28-41(62(4,5)6)37-55(50)65(43-30-24-38(25-31-43)44-16-11-18-48-46-14-7-9-22-56(46)66-59(44)48)54-21-13-20-53(58(54)63)64(52)42-32-26-39(27-33-42)45-17-12-19-49-47-15-8-10-23-57(47)67-60(45)49/h7-11,13-18,20-37H,12,19H2,1-6H3. The van der Waals surface area contributed by atoms with E-state index in [-0.39, 0.29) is 17.5 Å². The van der Waals surface area contributed by atoms with Crippen LogP contribution in [-0.4, -0.2) is 6.71 Å². The number of aryl methyl sites for hydroxylation is 1. The Bertz CT molecular complexity index is 3670.